The topological polar surface area (TPSA) is 169 Å². The molecule has 3 atom stereocenters. The third-order valence-electron chi connectivity index (χ3n) is 11.2. The Hall–Kier alpha value is -2.04. The highest BCUT2D eigenvalue weighted by Gasteiger charge is 2.28. The number of phosphoric acid groups is 1. The first-order valence-electron chi connectivity index (χ1n) is 25.4. The Labute approximate surface area is 379 Å². The number of aliphatic carboxylic acids is 1. The van der Waals surface area contributed by atoms with Gasteiger partial charge in [-0.15, -0.1) is 0 Å². The molecular weight excluding hydrogens is 806 g/mol. The quantitative estimate of drug-likeness (QED) is 0.0200. The fraction of sp³-hybridized carbons (Fsp3) is 0.860. The number of hydrogen-bond acceptors (Lipinski definition) is 8. The minimum absolute atomic E-state index is 0.138. The summed E-state index contributed by atoms with van der Waals surface area (Å²) >= 11 is 0. The number of unbranched alkanes of at least 4 members (excludes halogenated alkanes) is 30. The molecule has 3 unspecified atom stereocenters. The summed E-state index contributed by atoms with van der Waals surface area (Å²) in [6.45, 7) is 2.61. The standard InChI is InChI=1S/C50H94NO10P/c1-3-5-7-9-11-13-15-17-19-21-23-24-26-28-30-32-34-36-38-40-42-49(54)59-43-46(52)44-60-62(57,58)61-45-47(50(55)56)51-48(53)41-39-37-35-33-31-29-27-25-22-20-18-16-14-12-10-8-6-4-2/h14,16,20,22,46-47,52H,3-13,15,17-19,21,23-45H2,1-2H3,(H,51,53)(H,55,56)(H,57,58)/b16-14-,22-20-. The summed E-state index contributed by atoms with van der Waals surface area (Å²) in [5.41, 5.74) is 0. The fourth-order valence-electron chi connectivity index (χ4n) is 7.29. The summed E-state index contributed by atoms with van der Waals surface area (Å²) in [5, 5.41) is 21.9. The number of esters is 1. The SMILES string of the molecule is CCCCCC/C=C\C/C=C\CCCCCCCCCC(=O)NC(COP(=O)(O)OCC(O)COC(=O)CCCCCCCCCCCCCCCCCCCCCC)C(=O)O. The van der Waals surface area contributed by atoms with Crippen LogP contribution in [0, 0.1) is 0 Å². The van der Waals surface area contributed by atoms with Crippen LogP contribution in [0.3, 0.4) is 0 Å². The number of carboxylic acid groups (broad SMARTS) is 1. The van der Waals surface area contributed by atoms with Crippen LogP contribution in [0.4, 0.5) is 0 Å². The van der Waals surface area contributed by atoms with E-state index < -0.39 is 57.6 Å². The third kappa shape index (κ3) is 44.6. The molecule has 0 aromatic rings. The molecule has 0 fully saturated rings. The van der Waals surface area contributed by atoms with Crippen molar-refractivity contribution in [2.45, 2.75) is 257 Å². The van der Waals surface area contributed by atoms with Crippen LogP contribution >= 0.6 is 7.82 Å². The first-order chi connectivity index (χ1) is 30.1. The van der Waals surface area contributed by atoms with Crippen LogP contribution in [0.5, 0.6) is 0 Å². The summed E-state index contributed by atoms with van der Waals surface area (Å²) in [7, 11) is -4.76. The maximum atomic E-state index is 12.3. The molecule has 0 aliphatic carbocycles. The van der Waals surface area contributed by atoms with Gasteiger partial charge in [0.05, 0.1) is 13.2 Å². The average molecular weight is 900 g/mol. The second-order valence-corrected chi connectivity index (χ2v) is 18.8. The molecule has 12 heteroatoms. The van der Waals surface area contributed by atoms with E-state index in [1.807, 2.05) is 0 Å². The van der Waals surface area contributed by atoms with E-state index in [2.05, 4.69) is 43.5 Å². The molecule has 0 saturated carbocycles. The van der Waals surface area contributed by atoms with Crippen LogP contribution in [0.1, 0.15) is 245 Å². The molecule has 0 aromatic carbocycles. The molecule has 0 aliphatic heterocycles. The zero-order valence-corrected chi connectivity index (χ0v) is 40.6. The van der Waals surface area contributed by atoms with Crippen LogP contribution in [0.2, 0.25) is 0 Å². The van der Waals surface area contributed by atoms with Crippen LogP contribution in [-0.2, 0) is 32.7 Å². The number of amides is 1. The lowest BCUT2D eigenvalue weighted by Crippen LogP contribution is -2.43. The first-order valence-corrected chi connectivity index (χ1v) is 26.9. The number of aliphatic hydroxyl groups excluding tert-OH is 1. The van der Waals surface area contributed by atoms with Crippen molar-refractivity contribution in [2.24, 2.45) is 0 Å². The summed E-state index contributed by atoms with van der Waals surface area (Å²) in [5.74, 6) is -2.37. The van der Waals surface area contributed by atoms with Gasteiger partial charge in [0.25, 0.3) is 0 Å². The van der Waals surface area contributed by atoms with Crippen molar-refractivity contribution in [3.63, 3.8) is 0 Å². The van der Waals surface area contributed by atoms with Crippen molar-refractivity contribution in [1.82, 2.24) is 5.32 Å². The van der Waals surface area contributed by atoms with Gasteiger partial charge < -0.3 is 25.2 Å². The van der Waals surface area contributed by atoms with E-state index in [1.165, 1.54) is 148 Å². The zero-order valence-electron chi connectivity index (χ0n) is 39.7. The van der Waals surface area contributed by atoms with Crippen molar-refractivity contribution < 1.29 is 47.8 Å². The van der Waals surface area contributed by atoms with Crippen LogP contribution in [-0.4, -0.2) is 64.9 Å². The summed E-state index contributed by atoms with van der Waals surface area (Å²) < 4.78 is 26.9. The van der Waals surface area contributed by atoms with Gasteiger partial charge in [-0.05, 0) is 44.9 Å². The highest BCUT2D eigenvalue weighted by molar-refractivity contribution is 7.47. The second-order valence-electron chi connectivity index (χ2n) is 17.4. The molecule has 62 heavy (non-hydrogen) atoms. The number of aliphatic hydroxyl groups is 1. The van der Waals surface area contributed by atoms with Gasteiger partial charge in [0.15, 0.2) is 6.04 Å². The monoisotopic (exact) mass is 900 g/mol. The Morgan fingerprint density at radius 3 is 1.32 bits per heavy atom. The van der Waals surface area contributed by atoms with Gasteiger partial charge in [-0.2, -0.15) is 0 Å². The van der Waals surface area contributed by atoms with Crippen molar-refractivity contribution in [2.75, 3.05) is 19.8 Å². The van der Waals surface area contributed by atoms with Gasteiger partial charge in [0, 0.05) is 12.8 Å². The lowest BCUT2D eigenvalue weighted by atomic mass is 10.0. The van der Waals surface area contributed by atoms with E-state index in [-0.39, 0.29) is 12.8 Å². The number of allylic oxidation sites excluding steroid dienone is 4. The van der Waals surface area contributed by atoms with Crippen molar-refractivity contribution in [1.29, 1.82) is 0 Å². The summed E-state index contributed by atoms with van der Waals surface area (Å²) in [6.07, 6.45) is 49.1. The minimum Gasteiger partial charge on any atom is -0.480 e. The zero-order chi connectivity index (χ0) is 45.6. The summed E-state index contributed by atoms with van der Waals surface area (Å²) in [6, 6.07) is -1.55. The number of carbonyl (C=O) groups excluding carboxylic acids is 2. The molecule has 0 rings (SSSR count). The van der Waals surface area contributed by atoms with Gasteiger partial charge in [0.1, 0.15) is 12.7 Å². The Morgan fingerprint density at radius 2 is 0.887 bits per heavy atom. The Bertz CT molecular complexity index is 1150. The van der Waals surface area contributed by atoms with Gasteiger partial charge in [-0.25, -0.2) is 9.36 Å². The fourth-order valence-corrected chi connectivity index (χ4v) is 8.06. The number of carbonyl (C=O) groups is 3. The van der Waals surface area contributed by atoms with Crippen LogP contribution in [0.25, 0.3) is 0 Å². The summed E-state index contributed by atoms with van der Waals surface area (Å²) in [4.78, 5) is 46.1. The number of phosphoric ester groups is 1. The molecule has 4 N–H and O–H groups in total. The van der Waals surface area contributed by atoms with Gasteiger partial charge >= 0.3 is 19.8 Å². The molecule has 0 radical (unpaired) electrons. The Kier molecular flexibility index (Phi) is 44.0. The predicted octanol–water partition coefficient (Wildman–Crippen LogP) is 13.8. The normalized spacial score (nSPS) is 13.7. The lowest BCUT2D eigenvalue weighted by molar-refractivity contribution is -0.147. The van der Waals surface area contributed by atoms with E-state index >= 15 is 0 Å². The average Bonchev–Trinajstić information content (AvgIpc) is 3.25. The van der Waals surface area contributed by atoms with Crippen molar-refractivity contribution >= 4 is 25.7 Å². The molecule has 0 bridgehead atoms. The van der Waals surface area contributed by atoms with E-state index in [1.54, 1.807) is 0 Å². The molecule has 0 spiro atoms. The van der Waals surface area contributed by atoms with Crippen LogP contribution in [0.15, 0.2) is 24.3 Å². The molecule has 364 valence electrons. The molecule has 0 aliphatic rings. The maximum absolute atomic E-state index is 12.3. The Balaban J connectivity index is 3.82. The second kappa shape index (κ2) is 45.5. The number of hydrogen-bond donors (Lipinski definition) is 4. The van der Waals surface area contributed by atoms with E-state index in [0.717, 1.165) is 57.8 Å². The largest absolute Gasteiger partial charge is 0.480 e. The van der Waals surface area contributed by atoms with E-state index in [0.29, 0.717) is 12.8 Å². The highest BCUT2D eigenvalue weighted by Crippen LogP contribution is 2.43. The van der Waals surface area contributed by atoms with E-state index in [4.69, 9.17) is 13.8 Å². The van der Waals surface area contributed by atoms with Crippen LogP contribution < -0.4 is 5.32 Å². The molecule has 0 aromatic heterocycles. The number of carboxylic acids is 1. The minimum atomic E-state index is -4.76. The maximum Gasteiger partial charge on any atom is 0.472 e. The third-order valence-corrected chi connectivity index (χ3v) is 12.2. The van der Waals surface area contributed by atoms with E-state index in [9.17, 15) is 34.1 Å². The molecule has 1 amide bonds. The molecule has 0 saturated heterocycles. The number of rotatable bonds is 48. The number of nitrogens with one attached hydrogen (secondary N) is 1. The smallest absolute Gasteiger partial charge is 0.472 e. The molecular formula is C50H94NO10P. The lowest BCUT2D eigenvalue weighted by Gasteiger charge is -2.18. The van der Waals surface area contributed by atoms with Gasteiger partial charge in [0.2, 0.25) is 5.91 Å². The van der Waals surface area contributed by atoms with Gasteiger partial charge in [-0.1, -0.05) is 212 Å². The molecule has 11 nitrogen and oxygen atoms in total. The predicted molar refractivity (Wildman–Crippen MR) is 254 cm³/mol. The van der Waals surface area contributed by atoms with Crippen molar-refractivity contribution in [3.05, 3.63) is 24.3 Å². The Morgan fingerprint density at radius 1 is 0.516 bits per heavy atom. The molecule has 0 heterocycles. The number of ether oxygens (including phenoxy) is 1. The first kappa shape index (κ1) is 60.0. The highest BCUT2D eigenvalue weighted by atomic mass is 31.2. The van der Waals surface area contributed by atoms with Crippen molar-refractivity contribution in [3.8, 4) is 0 Å². The van der Waals surface area contributed by atoms with Gasteiger partial charge in [-0.3, -0.25) is 18.6 Å².